The summed E-state index contributed by atoms with van der Waals surface area (Å²) in [5, 5.41) is 6.56. The highest BCUT2D eigenvalue weighted by Gasteiger charge is 2.11. The Hall–Kier alpha value is -2.24. The lowest BCUT2D eigenvalue weighted by Crippen LogP contribution is -2.36. The van der Waals surface area contributed by atoms with E-state index >= 15 is 0 Å². The normalized spacial score (nSPS) is 14.2. The van der Waals surface area contributed by atoms with Crippen LogP contribution < -0.4 is 15.5 Å². The minimum Gasteiger partial charge on any atom is -0.378 e. The van der Waals surface area contributed by atoms with Gasteiger partial charge in [0.1, 0.15) is 0 Å². The van der Waals surface area contributed by atoms with Gasteiger partial charge in [0, 0.05) is 24.5 Å². The number of carbonyl (C=O) groups is 1. The van der Waals surface area contributed by atoms with Crippen LogP contribution in [0.15, 0.2) is 42.5 Å². The second kappa shape index (κ2) is 8.23. The van der Waals surface area contributed by atoms with Crippen molar-refractivity contribution in [3.05, 3.63) is 53.1 Å². The maximum atomic E-state index is 12.1. The number of amides is 1. The summed E-state index contributed by atoms with van der Waals surface area (Å²) in [6.07, 6.45) is 0. The first-order valence-corrected chi connectivity index (χ1v) is 8.72. The fourth-order valence-electron chi connectivity index (χ4n) is 2.72. The Morgan fingerprint density at radius 2 is 1.88 bits per heavy atom. The van der Waals surface area contributed by atoms with Crippen LogP contribution in [0.1, 0.15) is 5.56 Å². The summed E-state index contributed by atoms with van der Waals surface area (Å²) < 4.78 is 5.36. The number of hydrogen-bond acceptors (Lipinski definition) is 4. The van der Waals surface area contributed by atoms with Gasteiger partial charge in [-0.3, -0.25) is 4.79 Å². The van der Waals surface area contributed by atoms with Crippen LogP contribution in [0, 0.1) is 6.92 Å². The van der Waals surface area contributed by atoms with Crippen LogP contribution >= 0.6 is 11.6 Å². The van der Waals surface area contributed by atoms with Crippen LogP contribution in [0.3, 0.4) is 0 Å². The first kappa shape index (κ1) is 17.6. The maximum absolute atomic E-state index is 12.1. The minimum absolute atomic E-state index is 0.115. The van der Waals surface area contributed by atoms with E-state index in [0.29, 0.717) is 5.02 Å². The Morgan fingerprint density at radius 1 is 1.16 bits per heavy atom. The van der Waals surface area contributed by atoms with E-state index < -0.39 is 0 Å². The van der Waals surface area contributed by atoms with Crippen molar-refractivity contribution in [2.45, 2.75) is 6.92 Å². The number of nitrogens with zero attached hydrogens (tertiary/aromatic N) is 1. The van der Waals surface area contributed by atoms with Crippen LogP contribution in [-0.2, 0) is 9.53 Å². The molecule has 5 nitrogen and oxygen atoms in total. The maximum Gasteiger partial charge on any atom is 0.243 e. The number of rotatable bonds is 5. The molecule has 1 fully saturated rings. The van der Waals surface area contributed by atoms with Gasteiger partial charge in [-0.15, -0.1) is 0 Å². The second-order valence-electron chi connectivity index (χ2n) is 6.03. The number of aryl methyl sites for hydroxylation is 1. The Labute approximate surface area is 152 Å². The van der Waals surface area contributed by atoms with Crippen molar-refractivity contribution in [2.24, 2.45) is 0 Å². The van der Waals surface area contributed by atoms with Gasteiger partial charge in [0.15, 0.2) is 0 Å². The molecule has 1 saturated heterocycles. The molecular formula is C19H22ClN3O2. The van der Waals surface area contributed by atoms with Gasteiger partial charge < -0.3 is 20.3 Å². The standard InChI is InChI=1S/C19H22ClN3O2/c1-14-2-7-18(17(20)12-14)21-13-19(24)22-15-3-5-16(6-4-15)23-8-10-25-11-9-23/h2-7,12,21H,8-11,13H2,1H3,(H,22,24). The van der Waals surface area contributed by atoms with Crippen molar-refractivity contribution in [3.63, 3.8) is 0 Å². The lowest BCUT2D eigenvalue weighted by molar-refractivity contribution is -0.114. The van der Waals surface area contributed by atoms with Crippen molar-refractivity contribution < 1.29 is 9.53 Å². The number of nitrogens with one attached hydrogen (secondary N) is 2. The molecule has 0 aliphatic carbocycles. The third-order valence-corrected chi connectivity index (χ3v) is 4.40. The van der Waals surface area contributed by atoms with Gasteiger partial charge in [-0.1, -0.05) is 17.7 Å². The quantitative estimate of drug-likeness (QED) is 0.857. The number of hydrogen-bond donors (Lipinski definition) is 2. The molecule has 1 aliphatic heterocycles. The number of ether oxygens (including phenoxy) is 1. The average Bonchev–Trinajstić information content (AvgIpc) is 2.62. The van der Waals surface area contributed by atoms with E-state index in [-0.39, 0.29) is 12.5 Å². The van der Waals surface area contributed by atoms with Gasteiger partial charge in [-0.25, -0.2) is 0 Å². The third kappa shape index (κ3) is 4.87. The van der Waals surface area contributed by atoms with Crippen LogP contribution in [0.5, 0.6) is 0 Å². The van der Waals surface area contributed by atoms with E-state index in [1.165, 1.54) is 0 Å². The summed E-state index contributed by atoms with van der Waals surface area (Å²) in [5.74, 6) is -0.115. The van der Waals surface area contributed by atoms with E-state index in [1.807, 2.05) is 49.4 Å². The van der Waals surface area contributed by atoms with Gasteiger partial charge >= 0.3 is 0 Å². The van der Waals surface area contributed by atoms with Gasteiger partial charge in [-0.2, -0.15) is 0 Å². The Balaban J connectivity index is 1.52. The number of carbonyl (C=O) groups excluding carboxylic acids is 1. The summed E-state index contributed by atoms with van der Waals surface area (Å²) in [7, 11) is 0. The van der Waals surface area contributed by atoms with Gasteiger partial charge in [0.05, 0.1) is 30.5 Å². The number of anilines is 3. The summed E-state index contributed by atoms with van der Waals surface area (Å²) in [6, 6.07) is 13.6. The topological polar surface area (TPSA) is 53.6 Å². The predicted molar refractivity (Wildman–Crippen MR) is 103 cm³/mol. The van der Waals surface area contributed by atoms with Gasteiger partial charge in [-0.05, 0) is 48.9 Å². The first-order chi connectivity index (χ1) is 12.1. The molecular weight excluding hydrogens is 338 g/mol. The van der Waals surface area contributed by atoms with Crippen LogP contribution in [0.4, 0.5) is 17.1 Å². The first-order valence-electron chi connectivity index (χ1n) is 8.34. The average molecular weight is 360 g/mol. The van der Waals surface area contributed by atoms with Crippen molar-refractivity contribution in [3.8, 4) is 0 Å². The molecule has 2 aromatic rings. The summed E-state index contributed by atoms with van der Waals surface area (Å²) in [4.78, 5) is 14.4. The second-order valence-corrected chi connectivity index (χ2v) is 6.44. The van der Waals surface area contributed by atoms with Crippen molar-refractivity contribution >= 4 is 34.6 Å². The van der Waals surface area contributed by atoms with E-state index in [9.17, 15) is 4.79 Å². The molecule has 6 heteroatoms. The molecule has 0 spiro atoms. The molecule has 0 aromatic heterocycles. The van der Waals surface area contributed by atoms with Crippen LogP contribution in [0.2, 0.25) is 5.02 Å². The summed E-state index contributed by atoms with van der Waals surface area (Å²) in [6.45, 7) is 5.44. The zero-order chi connectivity index (χ0) is 17.6. The lowest BCUT2D eigenvalue weighted by atomic mass is 10.2. The molecule has 1 amide bonds. The van der Waals surface area contributed by atoms with Crippen molar-refractivity contribution in [1.82, 2.24) is 0 Å². The largest absolute Gasteiger partial charge is 0.378 e. The molecule has 0 atom stereocenters. The highest BCUT2D eigenvalue weighted by atomic mass is 35.5. The van der Waals surface area contributed by atoms with E-state index in [0.717, 1.165) is 48.9 Å². The molecule has 3 rings (SSSR count). The van der Waals surface area contributed by atoms with Crippen molar-refractivity contribution in [2.75, 3.05) is 48.4 Å². The molecule has 2 N–H and O–H groups in total. The highest BCUT2D eigenvalue weighted by Crippen LogP contribution is 2.22. The molecule has 1 heterocycles. The molecule has 2 aromatic carbocycles. The lowest BCUT2D eigenvalue weighted by Gasteiger charge is -2.28. The van der Waals surface area contributed by atoms with E-state index in [4.69, 9.17) is 16.3 Å². The SMILES string of the molecule is Cc1ccc(NCC(=O)Nc2ccc(N3CCOCC3)cc2)c(Cl)c1. The van der Waals surface area contributed by atoms with Crippen molar-refractivity contribution in [1.29, 1.82) is 0 Å². The molecule has 25 heavy (non-hydrogen) atoms. The molecule has 0 unspecified atom stereocenters. The predicted octanol–water partition coefficient (Wildman–Crippen LogP) is 3.54. The fourth-order valence-corrected chi connectivity index (χ4v) is 3.02. The van der Waals surface area contributed by atoms with Crippen LogP contribution in [0.25, 0.3) is 0 Å². The van der Waals surface area contributed by atoms with Crippen LogP contribution in [-0.4, -0.2) is 38.8 Å². The number of benzene rings is 2. The van der Waals surface area contributed by atoms with E-state index in [2.05, 4.69) is 15.5 Å². The highest BCUT2D eigenvalue weighted by molar-refractivity contribution is 6.33. The molecule has 132 valence electrons. The Bertz CT molecular complexity index is 728. The summed E-state index contributed by atoms with van der Waals surface area (Å²) in [5.41, 5.74) is 3.76. The molecule has 1 aliphatic rings. The zero-order valence-corrected chi connectivity index (χ0v) is 15.0. The monoisotopic (exact) mass is 359 g/mol. The molecule has 0 radical (unpaired) electrons. The number of halogens is 1. The third-order valence-electron chi connectivity index (χ3n) is 4.09. The minimum atomic E-state index is -0.115. The summed E-state index contributed by atoms with van der Waals surface area (Å²) >= 11 is 6.16. The van der Waals surface area contributed by atoms with E-state index in [1.54, 1.807) is 0 Å². The fraction of sp³-hybridized carbons (Fsp3) is 0.316. The smallest absolute Gasteiger partial charge is 0.243 e. The molecule has 0 bridgehead atoms. The Morgan fingerprint density at radius 3 is 2.56 bits per heavy atom. The zero-order valence-electron chi connectivity index (χ0n) is 14.2. The Kier molecular flexibility index (Phi) is 5.79. The van der Waals surface area contributed by atoms with Gasteiger partial charge in [0.25, 0.3) is 0 Å². The number of morpholine rings is 1. The van der Waals surface area contributed by atoms with Gasteiger partial charge in [0.2, 0.25) is 5.91 Å². The molecule has 0 saturated carbocycles.